The summed E-state index contributed by atoms with van der Waals surface area (Å²) >= 11 is 9.17. The van der Waals surface area contributed by atoms with Gasteiger partial charge in [0.25, 0.3) is 5.56 Å². The Labute approximate surface area is 178 Å². The van der Waals surface area contributed by atoms with Gasteiger partial charge in [-0.25, -0.2) is 14.8 Å². The molecule has 5 rings (SSSR count). The summed E-state index contributed by atoms with van der Waals surface area (Å²) in [5.41, 5.74) is 2.57. The average molecular weight is 448 g/mol. The first kappa shape index (κ1) is 18.8. The molecule has 1 atom stereocenters. The van der Waals surface area contributed by atoms with E-state index >= 15 is 0 Å². The highest BCUT2D eigenvalue weighted by Gasteiger charge is 2.34. The van der Waals surface area contributed by atoms with Crippen LogP contribution in [0.5, 0.6) is 0 Å². The Morgan fingerprint density at radius 1 is 1.14 bits per heavy atom. The number of rotatable bonds is 2. The number of hydrogen-bond donors (Lipinski definition) is 0. The predicted molar refractivity (Wildman–Crippen MR) is 116 cm³/mol. The number of aryl methyl sites for hydroxylation is 2. The fourth-order valence-electron chi connectivity index (χ4n) is 4.32. The van der Waals surface area contributed by atoms with E-state index in [0.29, 0.717) is 16.1 Å². The maximum Gasteiger partial charge on any atom is 0.331 e. The van der Waals surface area contributed by atoms with Crippen molar-refractivity contribution in [1.29, 1.82) is 0 Å². The molecule has 0 unspecified atom stereocenters. The highest BCUT2D eigenvalue weighted by molar-refractivity contribution is 7.10. The van der Waals surface area contributed by atoms with E-state index in [1.807, 2.05) is 17.7 Å². The van der Waals surface area contributed by atoms with Crippen LogP contribution in [0.25, 0.3) is 22.3 Å². The molecule has 29 heavy (non-hydrogen) atoms. The van der Waals surface area contributed by atoms with Gasteiger partial charge >= 0.3 is 5.69 Å². The minimum Gasteiger partial charge on any atom is -0.340 e. The van der Waals surface area contributed by atoms with E-state index in [9.17, 15) is 9.59 Å². The molecule has 1 aliphatic rings. The first-order valence-corrected chi connectivity index (χ1v) is 11.4. The molecule has 7 nitrogen and oxygen atoms in total. The van der Waals surface area contributed by atoms with E-state index in [0.717, 1.165) is 46.5 Å². The first-order chi connectivity index (χ1) is 13.9. The summed E-state index contributed by atoms with van der Waals surface area (Å²) in [5, 5.41) is 6.66. The topological polar surface area (TPSA) is 74.7 Å². The highest BCUT2D eigenvalue weighted by Crippen LogP contribution is 2.43. The van der Waals surface area contributed by atoms with Crippen LogP contribution in [0.3, 0.4) is 0 Å². The predicted octanol–water partition coefficient (Wildman–Crippen LogP) is 3.51. The summed E-state index contributed by atoms with van der Waals surface area (Å²) in [6.45, 7) is 2.72. The van der Waals surface area contributed by atoms with Crippen LogP contribution >= 0.6 is 34.3 Å². The van der Waals surface area contributed by atoms with Crippen LogP contribution in [0.1, 0.15) is 34.5 Å². The summed E-state index contributed by atoms with van der Waals surface area (Å²) in [6, 6.07) is 0. The largest absolute Gasteiger partial charge is 0.340 e. The Kier molecular flexibility index (Phi) is 4.30. The second-order valence-corrected chi connectivity index (χ2v) is 9.61. The second kappa shape index (κ2) is 6.65. The number of aromatic nitrogens is 5. The third-order valence-corrected chi connectivity index (χ3v) is 7.62. The van der Waals surface area contributed by atoms with Crippen molar-refractivity contribution in [2.45, 2.75) is 32.2 Å². The van der Waals surface area contributed by atoms with Gasteiger partial charge < -0.3 is 4.57 Å². The van der Waals surface area contributed by atoms with Crippen molar-refractivity contribution in [1.82, 2.24) is 23.7 Å². The number of thiazole rings is 2. The van der Waals surface area contributed by atoms with Gasteiger partial charge in [-0.15, -0.1) is 22.7 Å². The van der Waals surface area contributed by atoms with Gasteiger partial charge in [-0.05, 0) is 19.8 Å². The van der Waals surface area contributed by atoms with Crippen LogP contribution in [-0.4, -0.2) is 23.7 Å². The SMILES string of the molecule is Cc1nc(-c2c3c(=O)n(C)c(=O)n(C)c3c3n2CCC[C@H]3c2nc(Cl)cs2)cs1. The minimum atomic E-state index is -0.335. The second-order valence-electron chi connectivity index (χ2n) is 7.27. The summed E-state index contributed by atoms with van der Waals surface area (Å²) in [6.07, 6.45) is 1.84. The fourth-order valence-corrected chi connectivity index (χ4v) is 6.01. The van der Waals surface area contributed by atoms with Crippen molar-refractivity contribution in [3.05, 3.63) is 52.5 Å². The summed E-state index contributed by atoms with van der Waals surface area (Å²) in [7, 11) is 3.25. The molecule has 0 N–H and O–H groups in total. The molecule has 0 fully saturated rings. The van der Waals surface area contributed by atoms with Crippen molar-refractivity contribution in [2.24, 2.45) is 14.1 Å². The third-order valence-electron chi connectivity index (χ3n) is 5.56. The normalized spacial score (nSPS) is 16.5. The Morgan fingerprint density at radius 3 is 2.59 bits per heavy atom. The lowest BCUT2D eigenvalue weighted by molar-refractivity contribution is 0.495. The van der Waals surface area contributed by atoms with Crippen LogP contribution in [0.2, 0.25) is 5.15 Å². The van der Waals surface area contributed by atoms with E-state index in [1.165, 1.54) is 23.0 Å². The number of hydrogen-bond acceptors (Lipinski definition) is 6. The molecule has 150 valence electrons. The van der Waals surface area contributed by atoms with Gasteiger partial charge in [0.1, 0.15) is 10.2 Å². The lowest BCUT2D eigenvalue weighted by atomic mass is 9.96. The quantitative estimate of drug-likeness (QED) is 0.471. The van der Waals surface area contributed by atoms with E-state index in [1.54, 1.807) is 23.0 Å². The maximum absolute atomic E-state index is 13.2. The molecule has 0 saturated heterocycles. The van der Waals surface area contributed by atoms with Gasteiger partial charge in [0, 0.05) is 31.4 Å². The molecule has 5 heterocycles. The molecular formula is C19H18ClN5O2S2. The molecule has 4 aromatic heterocycles. The van der Waals surface area contributed by atoms with Crippen LogP contribution in [0, 0.1) is 6.92 Å². The van der Waals surface area contributed by atoms with Crippen molar-refractivity contribution in [2.75, 3.05) is 0 Å². The van der Waals surface area contributed by atoms with E-state index in [-0.39, 0.29) is 17.2 Å². The summed E-state index contributed by atoms with van der Waals surface area (Å²) in [4.78, 5) is 35.2. The lowest BCUT2D eigenvalue weighted by Gasteiger charge is -2.25. The zero-order valence-electron chi connectivity index (χ0n) is 16.1. The van der Waals surface area contributed by atoms with E-state index in [2.05, 4.69) is 14.5 Å². The number of halogens is 1. The molecule has 0 aromatic carbocycles. The van der Waals surface area contributed by atoms with Gasteiger partial charge in [0.05, 0.1) is 38.9 Å². The van der Waals surface area contributed by atoms with E-state index < -0.39 is 0 Å². The molecule has 0 amide bonds. The zero-order chi connectivity index (χ0) is 20.4. The number of nitrogens with zero attached hydrogens (tertiary/aromatic N) is 5. The molecule has 0 aliphatic carbocycles. The summed E-state index contributed by atoms with van der Waals surface area (Å²) in [5.74, 6) is -0.0186. The van der Waals surface area contributed by atoms with Crippen molar-refractivity contribution >= 4 is 45.2 Å². The van der Waals surface area contributed by atoms with Crippen molar-refractivity contribution < 1.29 is 0 Å². The Balaban J connectivity index is 1.96. The highest BCUT2D eigenvalue weighted by atomic mass is 35.5. The van der Waals surface area contributed by atoms with Crippen LogP contribution in [-0.2, 0) is 20.6 Å². The van der Waals surface area contributed by atoms with Crippen molar-refractivity contribution in [3.63, 3.8) is 0 Å². The fraction of sp³-hybridized carbons (Fsp3) is 0.368. The maximum atomic E-state index is 13.2. The van der Waals surface area contributed by atoms with Gasteiger partial charge in [-0.2, -0.15) is 0 Å². The molecule has 0 bridgehead atoms. The smallest absolute Gasteiger partial charge is 0.331 e. The zero-order valence-corrected chi connectivity index (χ0v) is 18.5. The summed E-state index contributed by atoms with van der Waals surface area (Å²) < 4.78 is 4.93. The molecule has 0 saturated carbocycles. The van der Waals surface area contributed by atoms with Crippen LogP contribution < -0.4 is 11.2 Å². The molecule has 10 heteroatoms. The Morgan fingerprint density at radius 2 is 1.93 bits per heavy atom. The van der Waals surface area contributed by atoms with Gasteiger partial charge in [-0.1, -0.05) is 11.6 Å². The lowest BCUT2D eigenvalue weighted by Crippen LogP contribution is -2.37. The molecular weight excluding hydrogens is 430 g/mol. The van der Waals surface area contributed by atoms with Crippen molar-refractivity contribution in [3.8, 4) is 11.4 Å². The third kappa shape index (κ3) is 2.68. The standard InChI is InChI=1S/C19H18ClN5O2S2/c1-9-21-11(7-28-9)15-13-16(23(2)19(27)24(3)18(13)26)14-10(5-4-6-25(14)15)17-22-12(20)8-29-17/h7-8,10H,4-6H2,1-3H3/t10-/m1/s1. The minimum absolute atomic E-state index is 0.0186. The Bertz CT molecular complexity index is 1390. The van der Waals surface area contributed by atoms with Gasteiger partial charge in [-0.3, -0.25) is 13.9 Å². The molecule has 0 radical (unpaired) electrons. The molecule has 4 aromatic rings. The van der Waals surface area contributed by atoms with Crippen LogP contribution in [0.15, 0.2) is 20.3 Å². The van der Waals surface area contributed by atoms with E-state index in [4.69, 9.17) is 11.6 Å². The van der Waals surface area contributed by atoms with Crippen LogP contribution in [0.4, 0.5) is 0 Å². The molecule has 0 spiro atoms. The Hall–Kier alpha value is -2.23. The molecule has 1 aliphatic heterocycles. The van der Waals surface area contributed by atoms with Gasteiger partial charge in [0.15, 0.2) is 0 Å². The monoisotopic (exact) mass is 447 g/mol. The number of fused-ring (bicyclic) bond motifs is 3. The first-order valence-electron chi connectivity index (χ1n) is 9.24. The van der Waals surface area contributed by atoms with Gasteiger partial charge in [0.2, 0.25) is 0 Å². The average Bonchev–Trinajstić information content (AvgIpc) is 3.41.